The standard InChI is InChI=1S/C28H29Cl2N3O4/c1-28(2,3)37-27(36)31-14-7-15-33(24-8-5-4-6-9-24)26(35)19-10-12-23(13-11-19)32-25(34)20-16-21(29)18-22(30)17-20/h4-6,8-13,16-18H,7,14-15H2,1-3H3,(H,31,36)(H,32,34). The van der Waals surface area contributed by atoms with Crippen LogP contribution in [0.4, 0.5) is 16.2 Å². The molecule has 7 nitrogen and oxygen atoms in total. The Labute approximate surface area is 226 Å². The van der Waals surface area contributed by atoms with Crippen molar-refractivity contribution in [3.63, 3.8) is 0 Å². The third kappa shape index (κ3) is 8.81. The maximum absolute atomic E-state index is 13.4. The number of carbonyl (C=O) groups excluding carboxylic acids is 3. The van der Waals surface area contributed by atoms with Gasteiger partial charge in [0.05, 0.1) is 0 Å². The maximum Gasteiger partial charge on any atom is 0.407 e. The van der Waals surface area contributed by atoms with E-state index in [1.807, 2.05) is 30.3 Å². The predicted molar refractivity (Wildman–Crippen MR) is 148 cm³/mol. The van der Waals surface area contributed by atoms with Gasteiger partial charge in [0.15, 0.2) is 0 Å². The summed E-state index contributed by atoms with van der Waals surface area (Å²) in [5, 5.41) is 6.21. The molecule has 0 saturated carbocycles. The molecule has 9 heteroatoms. The van der Waals surface area contributed by atoms with Crippen LogP contribution in [0.25, 0.3) is 0 Å². The molecule has 0 bridgehead atoms. The number of alkyl carbamates (subject to hydrolysis) is 1. The number of nitrogens with zero attached hydrogens (tertiary/aromatic N) is 1. The molecule has 3 rings (SSSR count). The predicted octanol–water partition coefficient (Wildman–Crippen LogP) is 6.81. The lowest BCUT2D eigenvalue weighted by Crippen LogP contribution is -2.36. The van der Waals surface area contributed by atoms with Crippen LogP contribution in [0.1, 0.15) is 47.9 Å². The van der Waals surface area contributed by atoms with E-state index in [-0.39, 0.29) is 11.8 Å². The number of para-hydroxylation sites is 1. The van der Waals surface area contributed by atoms with Crippen LogP contribution in [0.3, 0.4) is 0 Å². The Kier molecular flexibility index (Phi) is 9.55. The van der Waals surface area contributed by atoms with Crippen LogP contribution in [0, 0.1) is 0 Å². The first-order valence-corrected chi connectivity index (χ1v) is 12.5. The van der Waals surface area contributed by atoms with Crippen molar-refractivity contribution in [2.75, 3.05) is 23.3 Å². The van der Waals surface area contributed by atoms with E-state index in [0.717, 1.165) is 5.69 Å². The Balaban J connectivity index is 1.66. The van der Waals surface area contributed by atoms with Gasteiger partial charge in [0, 0.05) is 45.6 Å². The number of benzene rings is 3. The maximum atomic E-state index is 13.4. The summed E-state index contributed by atoms with van der Waals surface area (Å²) in [4.78, 5) is 39.5. The zero-order valence-corrected chi connectivity index (χ0v) is 22.4. The van der Waals surface area contributed by atoms with E-state index in [2.05, 4.69) is 10.6 Å². The van der Waals surface area contributed by atoms with Crippen molar-refractivity contribution >= 4 is 52.5 Å². The fourth-order valence-electron chi connectivity index (χ4n) is 3.44. The molecule has 0 spiro atoms. The van der Waals surface area contributed by atoms with E-state index in [1.54, 1.807) is 56.0 Å². The highest BCUT2D eigenvalue weighted by Gasteiger charge is 2.19. The second-order valence-corrected chi connectivity index (χ2v) is 10.1. The van der Waals surface area contributed by atoms with Gasteiger partial charge in [-0.2, -0.15) is 0 Å². The highest BCUT2D eigenvalue weighted by molar-refractivity contribution is 6.35. The van der Waals surface area contributed by atoms with Gasteiger partial charge in [-0.3, -0.25) is 9.59 Å². The number of carbonyl (C=O) groups is 3. The van der Waals surface area contributed by atoms with Crippen LogP contribution >= 0.6 is 23.2 Å². The molecule has 2 N–H and O–H groups in total. The molecule has 194 valence electrons. The molecule has 0 aliphatic rings. The summed E-state index contributed by atoms with van der Waals surface area (Å²) in [7, 11) is 0. The molecule has 3 aromatic carbocycles. The van der Waals surface area contributed by atoms with Crippen molar-refractivity contribution in [1.29, 1.82) is 0 Å². The number of hydrogen-bond donors (Lipinski definition) is 2. The Morgan fingerprint density at radius 2 is 1.49 bits per heavy atom. The zero-order valence-electron chi connectivity index (χ0n) is 20.9. The minimum absolute atomic E-state index is 0.206. The van der Waals surface area contributed by atoms with Crippen molar-refractivity contribution in [3.8, 4) is 0 Å². The van der Waals surface area contributed by atoms with E-state index in [0.29, 0.717) is 46.4 Å². The Morgan fingerprint density at radius 1 is 0.865 bits per heavy atom. The first kappa shape index (κ1) is 28.0. The van der Waals surface area contributed by atoms with Crippen molar-refractivity contribution in [2.24, 2.45) is 0 Å². The number of halogens is 2. The smallest absolute Gasteiger partial charge is 0.407 e. The van der Waals surface area contributed by atoms with Gasteiger partial charge in [0.2, 0.25) is 0 Å². The number of ether oxygens (including phenoxy) is 1. The third-order valence-electron chi connectivity index (χ3n) is 5.05. The average molecular weight is 542 g/mol. The summed E-state index contributed by atoms with van der Waals surface area (Å²) in [6.45, 7) is 6.13. The zero-order chi connectivity index (χ0) is 27.0. The number of amides is 3. The summed E-state index contributed by atoms with van der Waals surface area (Å²) in [6, 6.07) is 20.5. The molecular formula is C28H29Cl2N3O4. The molecule has 0 atom stereocenters. The van der Waals surface area contributed by atoms with Crippen molar-refractivity contribution < 1.29 is 19.1 Å². The van der Waals surface area contributed by atoms with Gasteiger partial charge >= 0.3 is 6.09 Å². The van der Waals surface area contributed by atoms with Gasteiger partial charge in [-0.15, -0.1) is 0 Å². The lowest BCUT2D eigenvalue weighted by molar-refractivity contribution is 0.0527. The number of hydrogen-bond acceptors (Lipinski definition) is 4. The molecule has 3 aromatic rings. The fourth-order valence-corrected chi connectivity index (χ4v) is 3.96. The quantitative estimate of drug-likeness (QED) is 0.306. The van der Waals surface area contributed by atoms with E-state index >= 15 is 0 Å². The Bertz CT molecular complexity index is 1220. The normalized spacial score (nSPS) is 10.9. The molecule has 37 heavy (non-hydrogen) atoms. The lowest BCUT2D eigenvalue weighted by atomic mass is 10.1. The van der Waals surface area contributed by atoms with Gasteiger partial charge in [0.25, 0.3) is 11.8 Å². The van der Waals surface area contributed by atoms with Gasteiger partial charge in [0.1, 0.15) is 5.60 Å². The van der Waals surface area contributed by atoms with E-state index < -0.39 is 11.7 Å². The van der Waals surface area contributed by atoms with Crippen molar-refractivity contribution in [2.45, 2.75) is 32.8 Å². The van der Waals surface area contributed by atoms with E-state index in [9.17, 15) is 14.4 Å². The van der Waals surface area contributed by atoms with Crippen LogP contribution in [0.15, 0.2) is 72.8 Å². The van der Waals surface area contributed by atoms with Gasteiger partial charge in [-0.05, 0) is 81.8 Å². The summed E-state index contributed by atoms with van der Waals surface area (Å²) in [5.74, 6) is -0.574. The second kappa shape index (κ2) is 12.6. The summed E-state index contributed by atoms with van der Waals surface area (Å²) in [6.07, 6.45) is 0.0266. The molecule has 0 heterocycles. The fraction of sp³-hybridized carbons (Fsp3) is 0.250. The highest BCUT2D eigenvalue weighted by atomic mass is 35.5. The molecule has 0 aromatic heterocycles. The van der Waals surface area contributed by atoms with Crippen LogP contribution in [-0.2, 0) is 4.74 Å². The lowest BCUT2D eigenvalue weighted by Gasteiger charge is -2.24. The Hall–Kier alpha value is -3.55. The molecule has 0 saturated heterocycles. The summed E-state index contributed by atoms with van der Waals surface area (Å²) in [5.41, 5.74) is 1.45. The van der Waals surface area contributed by atoms with E-state index in [1.165, 1.54) is 12.1 Å². The van der Waals surface area contributed by atoms with Crippen molar-refractivity contribution in [1.82, 2.24) is 5.32 Å². The molecule has 0 radical (unpaired) electrons. The number of anilines is 2. The minimum Gasteiger partial charge on any atom is -0.444 e. The average Bonchev–Trinajstić information content (AvgIpc) is 2.83. The molecule has 0 aliphatic heterocycles. The highest BCUT2D eigenvalue weighted by Crippen LogP contribution is 2.22. The SMILES string of the molecule is CC(C)(C)OC(=O)NCCCN(C(=O)c1ccc(NC(=O)c2cc(Cl)cc(Cl)c2)cc1)c1ccccc1. The largest absolute Gasteiger partial charge is 0.444 e. The van der Waals surface area contributed by atoms with Crippen LogP contribution < -0.4 is 15.5 Å². The topological polar surface area (TPSA) is 87.7 Å². The molecular weight excluding hydrogens is 513 g/mol. The summed E-state index contributed by atoms with van der Waals surface area (Å²) >= 11 is 12.0. The van der Waals surface area contributed by atoms with Crippen LogP contribution in [0.2, 0.25) is 10.0 Å². The van der Waals surface area contributed by atoms with Gasteiger partial charge < -0.3 is 20.3 Å². The molecule has 0 fully saturated rings. The van der Waals surface area contributed by atoms with E-state index in [4.69, 9.17) is 27.9 Å². The number of rotatable bonds is 8. The molecule has 0 aliphatic carbocycles. The summed E-state index contributed by atoms with van der Waals surface area (Å²) < 4.78 is 5.25. The van der Waals surface area contributed by atoms with Gasteiger partial charge in [-0.25, -0.2) is 4.79 Å². The van der Waals surface area contributed by atoms with Crippen LogP contribution in [-0.4, -0.2) is 36.6 Å². The molecule has 0 unspecified atom stereocenters. The van der Waals surface area contributed by atoms with Crippen molar-refractivity contribution in [3.05, 3.63) is 94.0 Å². The van der Waals surface area contributed by atoms with Gasteiger partial charge in [-0.1, -0.05) is 41.4 Å². The first-order valence-electron chi connectivity index (χ1n) is 11.7. The molecule has 3 amide bonds. The first-order chi connectivity index (χ1) is 17.5. The monoisotopic (exact) mass is 541 g/mol. The van der Waals surface area contributed by atoms with Crippen LogP contribution in [0.5, 0.6) is 0 Å². The Morgan fingerprint density at radius 3 is 2.08 bits per heavy atom. The third-order valence-corrected chi connectivity index (χ3v) is 5.49. The second-order valence-electron chi connectivity index (χ2n) is 9.26. The minimum atomic E-state index is -0.580. The number of nitrogens with one attached hydrogen (secondary N) is 2.